The predicted molar refractivity (Wildman–Crippen MR) is 107 cm³/mol. The van der Waals surface area contributed by atoms with Gasteiger partial charge in [-0.15, -0.1) is 0 Å². The first-order valence-electron chi connectivity index (χ1n) is 10.2. The summed E-state index contributed by atoms with van der Waals surface area (Å²) in [4.78, 5) is 37.3. The average molecular weight is 394 g/mol. The molecule has 2 aliphatic rings. The largest absolute Gasteiger partial charge is 0.484 e. The quantitative estimate of drug-likeness (QED) is 0.794. The van der Waals surface area contributed by atoms with E-state index in [1.165, 1.54) is 0 Å². The minimum absolute atomic E-state index is 0.0290. The Morgan fingerprint density at radius 2 is 2.00 bits per heavy atom. The highest BCUT2D eigenvalue weighted by Gasteiger charge is 2.27. The fourth-order valence-electron chi connectivity index (χ4n) is 3.97. The van der Waals surface area contributed by atoms with Crippen LogP contribution in [0.4, 0.5) is 0 Å². The molecule has 1 aromatic heterocycles. The third kappa shape index (κ3) is 4.55. The van der Waals surface area contributed by atoms with Crippen LogP contribution in [0.25, 0.3) is 0 Å². The lowest BCUT2D eigenvalue weighted by Gasteiger charge is -2.32. The van der Waals surface area contributed by atoms with Crippen LogP contribution in [0.15, 0.2) is 36.5 Å². The maximum absolute atomic E-state index is 12.5. The molecule has 0 bridgehead atoms. The summed E-state index contributed by atoms with van der Waals surface area (Å²) in [7, 11) is 0. The molecule has 0 aliphatic carbocycles. The molecule has 1 atom stereocenters. The highest BCUT2D eigenvalue weighted by Crippen LogP contribution is 2.26. The van der Waals surface area contributed by atoms with Gasteiger partial charge in [0.2, 0.25) is 5.91 Å². The summed E-state index contributed by atoms with van der Waals surface area (Å²) in [5.74, 6) is 1.78. The first-order valence-corrected chi connectivity index (χ1v) is 10.2. The molecule has 3 heterocycles. The maximum Gasteiger partial charge on any atom is 0.260 e. The zero-order chi connectivity index (χ0) is 20.2. The van der Waals surface area contributed by atoms with Crippen LogP contribution in [-0.4, -0.2) is 57.8 Å². The SMILES string of the molecule is CC(=O)N1CCC[C@@H](c2ncc3c(n2)CCN(C(=O)COc2ccccc2)C3)C1. The molecule has 2 aliphatic heterocycles. The van der Waals surface area contributed by atoms with Gasteiger partial charge in [0.15, 0.2) is 6.61 Å². The van der Waals surface area contributed by atoms with Crippen LogP contribution in [0.1, 0.15) is 42.8 Å². The number of aromatic nitrogens is 2. The average Bonchev–Trinajstić information content (AvgIpc) is 2.77. The van der Waals surface area contributed by atoms with Crippen molar-refractivity contribution < 1.29 is 14.3 Å². The highest BCUT2D eigenvalue weighted by molar-refractivity contribution is 5.78. The number of nitrogens with zero attached hydrogens (tertiary/aromatic N) is 4. The highest BCUT2D eigenvalue weighted by atomic mass is 16.5. The minimum Gasteiger partial charge on any atom is -0.484 e. The number of carbonyl (C=O) groups is 2. The van der Waals surface area contributed by atoms with E-state index in [9.17, 15) is 9.59 Å². The smallest absolute Gasteiger partial charge is 0.260 e. The molecule has 1 saturated heterocycles. The molecule has 7 heteroatoms. The van der Waals surface area contributed by atoms with E-state index in [1.54, 1.807) is 11.8 Å². The van der Waals surface area contributed by atoms with Gasteiger partial charge in [-0.25, -0.2) is 9.97 Å². The van der Waals surface area contributed by atoms with Gasteiger partial charge in [0.25, 0.3) is 5.91 Å². The van der Waals surface area contributed by atoms with E-state index in [0.29, 0.717) is 31.8 Å². The lowest BCUT2D eigenvalue weighted by Crippen LogP contribution is -2.40. The lowest BCUT2D eigenvalue weighted by atomic mass is 9.96. The molecule has 2 aromatic rings. The van der Waals surface area contributed by atoms with Crippen LogP contribution < -0.4 is 4.74 Å². The summed E-state index contributed by atoms with van der Waals surface area (Å²) in [6, 6.07) is 9.36. The maximum atomic E-state index is 12.5. The zero-order valence-electron chi connectivity index (χ0n) is 16.7. The Morgan fingerprint density at radius 3 is 2.79 bits per heavy atom. The molecular formula is C22H26N4O3. The third-order valence-electron chi connectivity index (χ3n) is 5.64. The molecule has 1 aromatic carbocycles. The first-order chi connectivity index (χ1) is 14.1. The van der Waals surface area contributed by atoms with Crippen molar-refractivity contribution in [3.63, 3.8) is 0 Å². The number of hydrogen-bond donors (Lipinski definition) is 0. The van der Waals surface area contributed by atoms with Crippen molar-refractivity contribution in [3.05, 3.63) is 53.6 Å². The Bertz CT molecular complexity index is 887. The minimum atomic E-state index is -0.0343. The summed E-state index contributed by atoms with van der Waals surface area (Å²) in [5, 5.41) is 0. The molecule has 0 radical (unpaired) electrons. The second-order valence-corrected chi connectivity index (χ2v) is 7.67. The number of rotatable bonds is 4. The van der Waals surface area contributed by atoms with Gasteiger partial charge in [0.05, 0.1) is 5.69 Å². The van der Waals surface area contributed by atoms with Crippen molar-refractivity contribution in [2.24, 2.45) is 0 Å². The fourth-order valence-corrected chi connectivity index (χ4v) is 3.97. The van der Waals surface area contributed by atoms with Crippen molar-refractivity contribution in [1.82, 2.24) is 19.8 Å². The van der Waals surface area contributed by atoms with E-state index in [2.05, 4.69) is 4.98 Å². The number of likely N-dealkylation sites (tertiary alicyclic amines) is 1. The van der Waals surface area contributed by atoms with E-state index in [0.717, 1.165) is 36.5 Å². The molecule has 0 saturated carbocycles. The Morgan fingerprint density at radius 1 is 1.17 bits per heavy atom. The standard InChI is InChI=1S/C22H26N4O3/c1-16(27)25-10-5-6-17(13-25)22-23-12-18-14-26(11-9-20(18)24-22)21(28)15-29-19-7-3-2-4-8-19/h2-4,7-8,12,17H,5-6,9-11,13-15H2,1H3/t17-/m1/s1. The normalized spacial score (nSPS) is 18.9. The van der Waals surface area contributed by atoms with Crippen LogP contribution in [-0.2, 0) is 22.6 Å². The molecule has 2 amide bonds. The van der Waals surface area contributed by atoms with Crippen molar-refractivity contribution in [2.75, 3.05) is 26.2 Å². The lowest BCUT2D eigenvalue weighted by molar-refractivity contribution is -0.134. The van der Waals surface area contributed by atoms with Crippen LogP contribution in [0.3, 0.4) is 0 Å². The zero-order valence-corrected chi connectivity index (χ0v) is 16.7. The van der Waals surface area contributed by atoms with Crippen molar-refractivity contribution in [2.45, 2.75) is 38.6 Å². The number of hydrogen-bond acceptors (Lipinski definition) is 5. The van der Waals surface area contributed by atoms with E-state index >= 15 is 0 Å². The predicted octanol–water partition coefficient (Wildman–Crippen LogP) is 2.17. The Hall–Kier alpha value is -2.96. The second-order valence-electron chi connectivity index (χ2n) is 7.67. The summed E-state index contributed by atoms with van der Waals surface area (Å²) in [6.07, 6.45) is 4.55. The number of fused-ring (bicyclic) bond motifs is 1. The molecule has 0 spiro atoms. The number of ether oxygens (including phenoxy) is 1. The molecule has 1 fully saturated rings. The van der Waals surface area contributed by atoms with E-state index in [4.69, 9.17) is 9.72 Å². The van der Waals surface area contributed by atoms with Crippen LogP contribution in [0.2, 0.25) is 0 Å². The van der Waals surface area contributed by atoms with Gasteiger partial charge in [0, 0.05) is 57.2 Å². The van der Waals surface area contributed by atoms with Crippen molar-refractivity contribution in [1.29, 1.82) is 0 Å². The first kappa shape index (κ1) is 19.4. The molecular weight excluding hydrogens is 368 g/mol. The number of amides is 2. The molecule has 0 unspecified atom stereocenters. The van der Waals surface area contributed by atoms with Gasteiger partial charge < -0.3 is 14.5 Å². The summed E-state index contributed by atoms with van der Waals surface area (Å²) in [5.41, 5.74) is 2.01. The number of carbonyl (C=O) groups excluding carboxylic acids is 2. The monoisotopic (exact) mass is 394 g/mol. The van der Waals surface area contributed by atoms with Crippen LogP contribution in [0.5, 0.6) is 5.75 Å². The third-order valence-corrected chi connectivity index (χ3v) is 5.64. The van der Waals surface area contributed by atoms with Gasteiger partial charge in [-0.1, -0.05) is 18.2 Å². The van der Waals surface area contributed by atoms with E-state index < -0.39 is 0 Å². The fraction of sp³-hybridized carbons (Fsp3) is 0.455. The van der Waals surface area contributed by atoms with Gasteiger partial charge in [-0.3, -0.25) is 9.59 Å². The van der Waals surface area contributed by atoms with Crippen LogP contribution in [0, 0.1) is 0 Å². The molecule has 7 nitrogen and oxygen atoms in total. The number of piperidine rings is 1. The Kier molecular flexibility index (Phi) is 5.74. The van der Waals surface area contributed by atoms with Gasteiger partial charge in [-0.2, -0.15) is 0 Å². The van der Waals surface area contributed by atoms with E-state index in [-0.39, 0.29) is 24.3 Å². The Balaban J connectivity index is 1.38. The summed E-state index contributed by atoms with van der Waals surface area (Å²) in [6.45, 7) is 4.29. The van der Waals surface area contributed by atoms with Gasteiger partial charge >= 0.3 is 0 Å². The van der Waals surface area contributed by atoms with Gasteiger partial charge in [-0.05, 0) is 25.0 Å². The van der Waals surface area contributed by atoms with E-state index in [1.807, 2.05) is 41.4 Å². The molecule has 152 valence electrons. The summed E-state index contributed by atoms with van der Waals surface area (Å²) >= 11 is 0. The van der Waals surface area contributed by atoms with Gasteiger partial charge in [0.1, 0.15) is 11.6 Å². The number of benzene rings is 1. The molecule has 4 rings (SSSR count). The molecule has 29 heavy (non-hydrogen) atoms. The summed E-state index contributed by atoms with van der Waals surface area (Å²) < 4.78 is 5.58. The Labute approximate surface area is 170 Å². The van der Waals surface area contributed by atoms with Crippen molar-refractivity contribution in [3.8, 4) is 5.75 Å². The topological polar surface area (TPSA) is 75.6 Å². The molecule has 0 N–H and O–H groups in total. The van der Waals surface area contributed by atoms with Crippen LogP contribution >= 0.6 is 0 Å². The number of para-hydroxylation sites is 1. The second kappa shape index (κ2) is 8.59. The van der Waals surface area contributed by atoms with Crippen molar-refractivity contribution >= 4 is 11.8 Å².